The van der Waals surface area contributed by atoms with E-state index in [-0.39, 0.29) is 5.60 Å². The minimum atomic E-state index is -0.0443. The molecule has 0 fully saturated rings. The third-order valence-electron chi connectivity index (χ3n) is 2.82. The first-order valence-electron chi connectivity index (χ1n) is 6.97. The van der Waals surface area contributed by atoms with E-state index >= 15 is 0 Å². The Kier molecular flexibility index (Phi) is 9.35. The summed E-state index contributed by atoms with van der Waals surface area (Å²) in [6.07, 6.45) is 5.33. The number of hydrogen-bond donors (Lipinski definition) is 0. The fourth-order valence-corrected chi connectivity index (χ4v) is 3.71. The van der Waals surface area contributed by atoms with Gasteiger partial charge in [-0.2, -0.15) is 0 Å². The number of aromatic nitrogens is 1. The summed E-state index contributed by atoms with van der Waals surface area (Å²) in [7, 11) is 5.33. The maximum Gasteiger partial charge on any atom is 0.106 e. The zero-order valence-electron chi connectivity index (χ0n) is 12.6. The summed E-state index contributed by atoms with van der Waals surface area (Å²) in [5, 5.41) is 1.08. The molecule has 0 N–H and O–H groups in total. The van der Waals surface area contributed by atoms with E-state index in [0.717, 1.165) is 17.2 Å². The van der Waals surface area contributed by atoms with Gasteiger partial charge in [-0.25, -0.2) is 4.98 Å². The van der Waals surface area contributed by atoms with E-state index in [1.807, 2.05) is 35.2 Å². The second-order valence-electron chi connectivity index (χ2n) is 5.13. The van der Waals surface area contributed by atoms with E-state index in [1.54, 1.807) is 17.9 Å². The van der Waals surface area contributed by atoms with Crippen molar-refractivity contribution in [3.05, 3.63) is 24.4 Å². The highest BCUT2D eigenvalue weighted by Gasteiger charge is 2.17. The quantitative estimate of drug-likeness (QED) is 0.445. The molecule has 0 unspecified atom stereocenters. The molecule has 1 aromatic heterocycles. The van der Waals surface area contributed by atoms with Gasteiger partial charge in [0.15, 0.2) is 0 Å². The summed E-state index contributed by atoms with van der Waals surface area (Å²) in [6, 6.07) is 6.01. The largest absolute Gasteiger partial charge is 0.382 e. The highest BCUT2D eigenvalue weighted by Crippen LogP contribution is 2.30. The predicted octanol–water partition coefficient (Wildman–Crippen LogP) is 4.43. The predicted molar refractivity (Wildman–Crippen MR) is 88.3 cm³/mol. The Morgan fingerprint density at radius 3 is 2.75 bits per heavy atom. The average molecular weight is 316 g/mol. The highest BCUT2D eigenvalue weighted by atomic mass is 33.1. The third kappa shape index (κ3) is 8.84. The summed E-state index contributed by atoms with van der Waals surface area (Å²) < 4.78 is 10.8. The molecule has 0 saturated heterocycles. The van der Waals surface area contributed by atoms with Crippen molar-refractivity contribution in [2.75, 3.05) is 26.1 Å². The monoisotopic (exact) mass is 315 g/mol. The lowest BCUT2D eigenvalue weighted by Crippen LogP contribution is -2.26. The van der Waals surface area contributed by atoms with Crippen LogP contribution in [0.2, 0.25) is 0 Å². The molecule has 1 rings (SSSR count). The van der Waals surface area contributed by atoms with Crippen molar-refractivity contribution in [2.24, 2.45) is 0 Å². The van der Waals surface area contributed by atoms with Gasteiger partial charge in [-0.15, -0.1) is 0 Å². The van der Waals surface area contributed by atoms with E-state index in [0.29, 0.717) is 13.2 Å². The van der Waals surface area contributed by atoms with Crippen LogP contribution >= 0.6 is 21.6 Å². The Labute approximate surface area is 130 Å². The molecular weight excluding hydrogens is 290 g/mol. The van der Waals surface area contributed by atoms with E-state index < -0.39 is 0 Å². The zero-order valence-corrected chi connectivity index (χ0v) is 14.3. The fourth-order valence-electron chi connectivity index (χ4n) is 1.68. The lowest BCUT2D eigenvalue weighted by atomic mass is 10.0. The summed E-state index contributed by atoms with van der Waals surface area (Å²) >= 11 is 0. The molecule has 0 bridgehead atoms. The number of rotatable bonds is 11. The minimum absolute atomic E-state index is 0.0443. The molecule has 20 heavy (non-hydrogen) atoms. The molecule has 1 heterocycles. The molecule has 0 amide bonds. The normalized spacial score (nSPS) is 11.8. The molecule has 0 saturated carbocycles. The molecule has 3 nitrogen and oxygen atoms in total. The molecule has 0 radical (unpaired) electrons. The summed E-state index contributed by atoms with van der Waals surface area (Å²) in [6.45, 7) is 5.64. The van der Waals surface area contributed by atoms with Gasteiger partial charge in [0, 0.05) is 19.1 Å². The van der Waals surface area contributed by atoms with Gasteiger partial charge in [0.1, 0.15) is 5.03 Å². The van der Waals surface area contributed by atoms with Gasteiger partial charge in [-0.05, 0) is 56.0 Å². The van der Waals surface area contributed by atoms with Crippen LogP contribution in [0, 0.1) is 0 Å². The lowest BCUT2D eigenvalue weighted by molar-refractivity contribution is -0.0449. The van der Waals surface area contributed by atoms with Crippen molar-refractivity contribution >= 4 is 21.6 Å². The van der Waals surface area contributed by atoms with E-state index in [9.17, 15) is 0 Å². The first-order chi connectivity index (χ1) is 9.64. The topological polar surface area (TPSA) is 31.4 Å². The van der Waals surface area contributed by atoms with Crippen LogP contribution in [-0.4, -0.2) is 36.7 Å². The van der Waals surface area contributed by atoms with Crippen LogP contribution in [0.25, 0.3) is 0 Å². The van der Waals surface area contributed by atoms with Crippen molar-refractivity contribution in [1.82, 2.24) is 4.98 Å². The smallest absolute Gasteiger partial charge is 0.106 e. The van der Waals surface area contributed by atoms with Crippen LogP contribution in [0.4, 0.5) is 0 Å². The molecule has 0 aliphatic heterocycles. The molecule has 0 aliphatic carbocycles. The number of hydrogen-bond acceptors (Lipinski definition) is 5. The van der Waals surface area contributed by atoms with Crippen LogP contribution in [0.1, 0.15) is 33.1 Å². The van der Waals surface area contributed by atoms with Gasteiger partial charge < -0.3 is 9.47 Å². The molecule has 5 heteroatoms. The first-order valence-corrected chi connectivity index (χ1v) is 9.29. The Hall–Kier alpha value is -0.230. The Balaban J connectivity index is 2.01. The van der Waals surface area contributed by atoms with Crippen molar-refractivity contribution < 1.29 is 9.47 Å². The first kappa shape index (κ1) is 17.8. The molecular formula is C15H25NO2S2. The van der Waals surface area contributed by atoms with Gasteiger partial charge >= 0.3 is 0 Å². The van der Waals surface area contributed by atoms with Crippen LogP contribution in [0.5, 0.6) is 0 Å². The number of nitrogens with zero attached hydrogens (tertiary/aromatic N) is 1. The number of methoxy groups -OCH3 is 1. The maximum absolute atomic E-state index is 5.80. The average Bonchev–Trinajstić information content (AvgIpc) is 2.44. The van der Waals surface area contributed by atoms with Crippen LogP contribution < -0.4 is 0 Å². The Bertz CT molecular complexity index is 347. The summed E-state index contributed by atoms with van der Waals surface area (Å²) in [5.41, 5.74) is -0.0443. The maximum atomic E-state index is 5.80. The highest BCUT2D eigenvalue weighted by molar-refractivity contribution is 8.76. The minimum Gasteiger partial charge on any atom is -0.382 e. The van der Waals surface area contributed by atoms with E-state index in [1.165, 1.54) is 12.8 Å². The molecule has 114 valence electrons. The SMILES string of the molecule is COCCOC(C)(C)CCCCSSc1ccccn1. The summed E-state index contributed by atoms with van der Waals surface area (Å²) in [4.78, 5) is 4.29. The van der Waals surface area contributed by atoms with Gasteiger partial charge in [-0.3, -0.25) is 0 Å². The molecule has 0 aliphatic rings. The second kappa shape index (κ2) is 10.5. The van der Waals surface area contributed by atoms with Crippen LogP contribution in [0.3, 0.4) is 0 Å². The van der Waals surface area contributed by atoms with Crippen molar-refractivity contribution in [2.45, 2.75) is 43.7 Å². The van der Waals surface area contributed by atoms with Gasteiger partial charge in [0.05, 0.1) is 18.8 Å². The number of ether oxygens (including phenoxy) is 2. The third-order valence-corrected chi connectivity index (χ3v) is 5.17. The lowest BCUT2D eigenvalue weighted by Gasteiger charge is -2.25. The molecule has 0 spiro atoms. The van der Waals surface area contributed by atoms with Crippen molar-refractivity contribution in [1.29, 1.82) is 0 Å². The Morgan fingerprint density at radius 1 is 1.20 bits per heavy atom. The van der Waals surface area contributed by atoms with Crippen LogP contribution in [-0.2, 0) is 9.47 Å². The van der Waals surface area contributed by atoms with Gasteiger partial charge in [0.25, 0.3) is 0 Å². The van der Waals surface area contributed by atoms with E-state index in [2.05, 4.69) is 18.8 Å². The number of pyridine rings is 1. The van der Waals surface area contributed by atoms with Gasteiger partial charge in [-0.1, -0.05) is 16.9 Å². The standard InChI is InChI=1S/C15H25NO2S2/c1-15(2,18-12-11-17-3)9-5-7-13-19-20-14-8-4-6-10-16-14/h4,6,8,10H,5,7,9,11-13H2,1-3H3. The molecule has 1 aromatic rings. The van der Waals surface area contributed by atoms with Crippen molar-refractivity contribution in [3.63, 3.8) is 0 Å². The Morgan fingerprint density at radius 2 is 2.05 bits per heavy atom. The number of unbranched alkanes of at least 4 members (excludes halogenated alkanes) is 1. The van der Waals surface area contributed by atoms with E-state index in [4.69, 9.17) is 9.47 Å². The molecule has 0 aromatic carbocycles. The zero-order chi connectivity index (χ0) is 14.7. The summed E-state index contributed by atoms with van der Waals surface area (Å²) in [5.74, 6) is 1.15. The fraction of sp³-hybridized carbons (Fsp3) is 0.667. The molecule has 0 atom stereocenters. The second-order valence-corrected chi connectivity index (χ2v) is 7.57. The van der Waals surface area contributed by atoms with Crippen LogP contribution in [0.15, 0.2) is 29.4 Å². The van der Waals surface area contributed by atoms with Gasteiger partial charge in [0.2, 0.25) is 0 Å². The van der Waals surface area contributed by atoms with Crippen molar-refractivity contribution in [3.8, 4) is 0 Å².